The summed E-state index contributed by atoms with van der Waals surface area (Å²) >= 11 is 5.35. The van der Waals surface area contributed by atoms with Crippen LogP contribution in [0.15, 0.2) is 22.6 Å². The molecule has 2 rings (SSSR count). The van der Waals surface area contributed by atoms with Gasteiger partial charge in [0.05, 0.1) is 0 Å². The SMILES string of the molecule is NCCc1nc2cc(C(=O)Cl)ccc2o1. The van der Waals surface area contributed by atoms with Crippen LogP contribution in [0.3, 0.4) is 0 Å². The first-order valence-electron chi connectivity index (χ1n) is 4.50. The van der Waals surface area contributed by atoms with Gasteiger partial charge in [-0.15, -0.1) is 0 Å². The van der Waals surface area contributed by atoms with Gasteiger partial charge in [-0.3, -0.25) is 4.79 Å². The Labute approximate surface area is 91.0 Å². The molecule has 4 nitrogen and oxygen atoms in total. The van der Waals surface area contributed by atoms with Crippen molar-refractivity contribution in [2.45, 2.75) is 6.42 Å². The highest BCUT2D eigenvalue weighted by Gasteiger charge is 2.08. The van der Waals surface area contributed by atoms with E-state index in [0.29, 0.717) is 35.5 Å². The Balaban J connectivity index is 2.47. The number of carbonyl (C=O) groups excluding carboxylic acids is 1. The number of fused-ring (bicyclic) bond motifs is 1. The molecule has 0 aliphatic heterocycles. The first-order valence-corrected chi connectivity index (χ1v) is 4.88. The summed E-state index contributed by atoms with van der Waals surface area (Å²) in [5.41, 5.74) is 7.07. The molecule has 0 atom stereocenters. The average molecular weight is 225 g/mol. The summed E-state index contributed by atoms with van der Waals surface area (Å²) in [5, 5.41) is -0.500. The van der Waals surface area contributed by atoms with E-state index in [0.717, 1.165) is 0 Å². The van der Waals surface area contributed by atoms with E-state index in [2.05, 4.69) is 4.98 Å². The summed E-state index contributed by atoms with van der Waals surface area (Å²) < 4.78 is 5.40. The number of aromatic nitrogens is 1. The lowest BCUT2D eigenvalue weighted by Gasteiger charge is -1.90. The third-order valence-corrected chi connectivity index (χ3v) is 2.24. The lowest BCUT2D eigenvalue weighted by Crippen LogP contribution is -2.02. The van der Waals surface area contributed by atoms with Crippen LogP contribution in [-0.2, 0) is 6.42 Å². The fourth-order valence-electron chi connectivity index (χ4n) is 1.33. The molecular formula is C10H9ClN2O2. The van der Waals surface area contributed by atoms with Gasteiger partial charge >= 0.3 is 0 Å². The summed E-state index contributed by atoms with van der Waals surface area (Å²) in [5.74, 6) is 0.576. The Morgan fingerprint density at radius 1 is 1.53 bits per heavy atom. The highest BCUT2D eigenvalue weighted by Crippen LogP contribution is 2.18. The zero-order valence-electron chi connectivity index (χ0n) is 7.87. The van der Waals surface area contributed by atoms with Crippen LogP contribution in [0, 0.1) is 0 Å². The zero-order valence-corrected chi connectivity index (χ0v) is 8.62. The van der Waals surface area contributed by atoms with Gasteiger partial charge < -0.3 is 10.2 Å². The van der Waals surface area contributed by atoms with Gasteiger partial charge in [0, 0.05) is 18.5 Å². The smallest absolute Gasteiger partial charge is 0.252 e. The molecule has 5 heteroatoms. The van der Waals surface area contributed by atoms with Gasteiger partial charge in [0.25, 0.3) is 5.24 Å². The maximum atomic E-state index is 10.9. The minimum absolute atomic E-state index is 0.414. The van der Waals surface area contributed by atoms with Gasteiger partial charge in [0.2, 0.25) is 0 Å². The van der Waals surface area contributed by atoms with E-state index < -0.39 is 5.24 Å². The number of hydrogen-bond acceptors (Lipinski definition) is 4. The molecule has 0 aliphatic carbocycles. The Morgan fingerprint density at radius 2 is 2.33 bits per heavy atom. The molecule has 0 saturated carbocycles. The van der Waals surface area contributed by atoms with Gasteiger partial charge in [-0.2, -0.15) is 0 Å². The topological polar surface area (TPSA) is 69.1 Å². The van der Waals surface area contributed by atoms with Crippen LogP contribution in [-0.4, -0.2) is 16.8 Å². The molecule has 0 saturated heterocycles. The largest absolute Gasteiger partial charge is 0.441 e. The van der Waals surface area contributed by atoms with Crippen molar-refractivity contribution in [3.05, 3.63) is 29.7 Å². The third kappa shape index (κ3) is 2.00. The second kappa shape index (κ2) is 4.00. The number of hydrogen-bond donors (Lipinski definition) is 1. The number of rotatable bonds is 3. The summed E-state index contributed by atoms with van der Waals surface area (Å²) in [7, 11) is 0. The van der Waals surface area contributed by atoms with Crippen molar-refractivity contribution < 1.29 is 9.21 Å². The standard InChI is InChI=1S/C10H9ClN2O2/c11-10(14)6-1-2-8-7(5-6)13-9(15-8)3-4-12/h1-2,5H,3-4,12H2. The molecule has 0 aliphatic rings. The van der Waals surface area contributed by atoms with Gasteiger partial charge in [0.15, 0.2) is 11.5 Å². The molecule has 2 N–H and O–H groups in total. The molecule has 0 amide bonds. The van der Waals surface area contributed by atoms with Crippen LogP contribution in [0.4, 0.5) is 0 Å². The Hall–Kier alpha value is -1.39. The molecule has 1 aromatic heterocycles. The van der Waals surface area contributed by atoms with Gasteiger partial charge in [-0.05, 0) is 29.8 Å². The zero-order chi connectivity index (χ0) is 10.8. The van der Waals surface area contributed by atoms with E-state index in [1.165, 1.54) is 0 Å². The van der Waals surface area contributed by atoms with Gasteiger partial charge in [-0.1, -0.05) is 0 Å². The molecule has 0 fully saturated rings. The Kier molecular flexibility index (Phi) is 2.70. The van der Waals surface area contributed by atoms with Crippen molar-refractivity contribution in [3.8, 4) is 0 Å². The Morgan fingerprint density at radius 3 is 3.00 bits per heavy atom. The van der Waals surface area contributed by atoms with E-state index in [1.807, 2.05) is 0 Å². The van der Waals surface area contributed by atoms with Gasteiger partial charge in [-0.25, -0.2) is 4.98 Å². The summed E-state index contributed by atoms with van der Waals surface area (Å²) in [6.07, 6.45) is 0.582. The monoisotopic (exact) mass is 224 g/mol. The van der Waals surface area contributed by atoms with Crippen molar-refractivity contribution in [2.24, 2.45) is 5.73 Å². The van der Waals surface area contributed by atoms with E-state index >= 15 is 0 Å². The van der Waals surface area contributed by atoms with E-state index in [9.17, 15) is 4.79 Å². The fraction of sp³-hybridized carbons (Fsp3) is 0.200. The van der Waals surface area contributed by atoms with E-state index in [4.69, 9.17) is 21.8 Å². The molecule has 0 unspecified atom stereocenters. The quantitative estimate of drug-likeness (QED) is 0.806. The predicted octanol–water partition coefficient (Wildman–Crippen LogP) is 1.71. The average Bonchev–Trinajstić information content (AvgIpc) is 2.59. The summed E-state index contributed by atoms with van der Waals surface area (Å²) in [6.45, 7) is 0.480. The third-order valence-electron chi connectivity index (χ3n) is 2.02. The molecule has 0 radical (unpaired) electrons. The first-order chi connectivity index (χ1) is 7.20. The second-order valence-corrected chi connectivity index (χ2v) is 3.45. The normalized spacial score (nSPS) is 10.8. The molecule has 1 aromatic carbocycles. The molecule has 0 spiro atoms. The number of nitrogens with zero attached hydrogens (tertiary/aromatic N) is 1. The highest BCUT2D eigenvalue weighted by molar-refractivity contribution is 6.67. The molecule has 0 bridgehead atoms. The minimum atomic E-state index is -0.500. The van der Waals surface area contributed by atoms with Crippen LogP contribution >= 0.6 is 11.6 Å². The number of halogens is 1. The van der Waals surface area contributed by atoms with Crippen LogP contribution in [0.25, 0.3) is 11.1 Å². The van der Waals surface area contributed by atoms with E-state index in [1.54, 1.807) is 18.2 Å². The molecule has 2 aromatic rings. The first kappa shape index (κ1) is 10.1. The lowest BCUT2D eigenvalue weighted by atomic mass is 10.2. The summed E-state index contributed by atoms with van der Waals surface area (Å²) in [4.78, 5) is 15.1. The summed E-state index contributed by atoms with van der Waals surface area (Å²) in [6, 6.07) is 4.89. The van der Waals surface area contributed by atoms with Gasteiger partial charge in [0.1, 0.15) is 5.52 Å². The molecule has 15 heavy (non-hydrogen) atoms. The lowest BCUT2D eigenvalue weighted by molar-refractivity contribution is 0.108. The minimum Gasteiger partial charge on any atom is -0.441 e. The van der Waals surface area contributed by atoms with Crippen LogP contribution in [0.1, 0.15) is 16.2 Å². The van der Waals surface area contributed by atoms with Crippen molar-refractivity contribution >= 4 is 27.9 Å². The van der Waals surface area contributed by atoms with Crippen molar-refractivity contribution in [1.82, 2.24) is 4.98 Å². The maximum absolute atomic E-state index is 10.9. The van der Waals surface area contributed by atoms with Crippen molar-refractivity contribution in [3.63, 3.8) is 0 Å². The van der Waals surface area contributed by atoms with Crippen LogP contribution in [0.5, 0.6) is 0 Å². The highest BCUT2D eigenvalue weighted by atomic mass is 35.5. The molecule has 78 valence electrons. The second-order valence-electron chi connectivity index (χ2n) is 3.10. The van der Waals surface area contributed by atoms with Crippen LogP contribution < -0.4 is 5.73 Å². The Bertz CT molecular complexity index is 507. The molecule has 1 heterocycles. The van der Waals surface area contributed by atoms with E-state index in [-0.39, 0.29) is 0 Å². The number of oxazole rings is 1. The molecular weight excluding hydrogens is 216 g/mol. The van der Waals surface area contributed by atoms with Crippen molar-refractivity contribution in [1.29, 1.82) is 0 Å². The van der Waals surface area contributed by atoms with Crippen molar-refractivity contribution in [2.75, 3.05) is 6.54 Å². The maximum Gasteiger partial charge on any atom is 0.252 e. The number of carbonyl (C=O) groups is 1. The van der Waals surface area contributed by atoms with Crippen LogP contribution in [0.2, 0.25) is 0 Å². The number of benzene rings is 1. The fourth-order valence-corrected chi connectivity index (χ4v) is 1.45. The number of nitrogens with two attached hydrogens (primary N) is 1. The predicted molar refractivity (Wildman–Crippen MR) is 57.0 cm³/mol.